The maximum absolute atomic E-state index is 12.2. The van der Waals surface area contributed by atoms with E-state index in [1.807, 2.05) is 47.1 Å². The molecule has 7 heteroatoms. The van der Waals surface area contributed by atoms with Crippen LogP contribution < -0.4 is 10.1 Å². The van der Waals surface area contributed by atoms with Crippen molar-refractivity contribution in [3.63, 3.8) is 0 Å². The number of rotatable bonds is 9. The highest BCUT2D eigenvalue weighted by Crippen LogP contribution is 2.15. The van der Waals surface area contributed by atoms with Crippen molar-refractivity contribution >= 4 is 23.3 Å². The number of imidazole rings is 1. The maximum Gasteiger partial charge on any atom is 0.251 e. The maximum atomic E-state index is 12.2. The summed E-state index contributed by atoms with van der Waals surface area (Å²) >= 11 is 1.72. The summed E-state index contributed by atoms with van der Waals surface area (Å²) in [5.41, 5.74) is 2.35. The van der Waals surface area contributed by atoms with Gasteiger partial charge in [0.25, 0.3) is 5.91 Å². The molecule has 0 atom stereocenters. The number of aromatic nitrogens is 2. The molecule has 0 bridgehead atoms. The minimum Gasteiger partial charge on any atom is -0.487 e. The monoisotopic (exact) mass is 407 g/mol. The average molecular weight is 407 g/mol. The summed E-state index contributed by atoms with van der Waals surface area (Å²) in [6, 6.07) is 16.8. The molecule has 148 valence electrons. The van der Waals surface area contributed by atoms with E-state index < -0.39 is 0 Å². The van der Waals surface area contributed by atoms with Crippen LogP contribution in [0.3, 0.4) is 0 Å². The average Bonchev–Trinajstić information content (AvgIpc) is 3.41. The summed E-state index contributed by atoms with van der Waals surface area (Å²) in [7, 11) is 0. The number of nitrogens with one attached hydrogen (secondary N) is 1. The highest BCUT2D eigenvalue weighted by Gasteiger charge is 2.06. The Morgan fingerprint density at radius 3 is 2.83 bits per heavy atom. The molecule has 1 amide bonds. The standard InChI is InChI=1S/C22H21N3O3S/c26-22(23-10-13-29-16-20-4-3-12-27-20)17-6-8-19(9-7-17)28-15-18-14-25-11-2-1-5-21(25)24-18/h1-9,11-12,14H,10,13,15-16H2,(H,23,26). The van der Waals surface area contributed by atoms with Gasteiger partial charge >= 0.3 is 0 Å². The Labute approximate surface area is 172 Å². The minimum atomic E-state index is -0.0875. The zero-order chi connectivity index (χ0) is 19.9. The number of hydrogen-bond acceptors (Lipinski definition) is 5. The highest BCUT2D eigenvalue weighted by atomic mass is 32.2. The zero-order valence-corrected chi connectivity index (χ0v) is 16.6. The molecule has 3 aromatic heterocycles. The molecular formula is C22H21N3O3S. The normalized spacial score (nSPS) is 10.9. The molecule has 0 saturated carbocycles. The summed E-state index contributed by atoms with van der Waals surface area (Å²) in [5.74, 6) is 3.19. The van der Waals surface area contributed by atoms with Gasteiger partial charge < -0.3 is 18.9 Å². The summed E-state index contributed by atoms with van der Waals surface area (Å²) in [6.07, 6.45) is 5.57. The number of nitrogens with zero attached hydrogens (tertiary/aromatic N) is 2. The first-order valence-electron chi connectivity index (χ1n) is 9.32. The van der Waals surface area contributed by atoms with Gasteiger partial charge in [-0.2, -0.15) is 11.8 Å². The van der Waals surface area contributed by atoms with Crippen molar-refractivity contribution in [3.8, 4) is 5.75 Å². The fourth-order valence-corrected chi connectivity index (χ4v) is 3.58. The van der Waals surface area contributed by atoms with Gasteiger partial charge in [0.1, 0.15) is 23.8 Å². The van der Waals surface area contributed by atoms with Crippen LogP contribution in [-0.2, 0) is 12.4 Å². The Bertz CT molecular complexity index is 1030. The quantitative estimate of drug-likeness (QED) is 0.422. The van der Waals surface area contributed by atoms with Crippen molar-refractivity contribution in [1.29, 1.82) is 0 Å². The Hall–Kier alpha value is -3.19. The Morgan fingerprint density at radius 2 is 2.03 bits per heavy atom. The summed E-state index contributed by atoms with van der Waals surface area (Å²) in [4.78, 5) is 16.7. The lowest BCUT2D eigenvalue weighted by molar-refractivity contribution is 0.0956. The van der Waals surface area contributed by atoms with Gasteiger partial charge in [-0.25, -0.2) is 4.98 Å². The van der Waals surface area contributed by atoms with Gasteiger partial charge in [0.05, 0.1) is 17.7 Å². The van der Waals surface area contributed by atoms with Gasteiger partial charge in [0.15, 0.2) is 0 Å². The number of carbonyl (C=O) groups is 1. The number of ether oxygens (including phenoxy) is 1. The van der Waals surface area contributed by atoms with E-state index >= 15 is 0 Å². The third-order valence-electron chi connectivity index (χ3n) is 4.27. The third kappa shape index (κ3) is 5.20. The second-order valence-corrected chi connectivity index (χ2v) is 7.50. The first-order valence-corrected chi connectivity index (χ1v) is 10.5. The summed E-state index contributed by atoms with van der Waals surface area (Å²) < 4.78 is 13.0. The Balaban J connectivity index is 1.21. The second kappa shape index (κ2) is 9.34. The van der Waals surface area contributed by atoms with Crippen LogP contribution in [0.15, 0.2) is 77.7 Å². The van der Waals surface area contributed by atoms with E-state index in [9.17, 15) is 4.79 Å². The number of amides is 1. The van der Waals surface area contributed by atoms with Gasteiger partial charge in [-0.1, -0.05) is 6.07 Å². The second-order valence-electron chi connectivity index (χ2n) is 6.40. The number of hydrogen-bond donors (Lipinski definition) is 1. The largest absolute Gasteiger partial charge is 0.487 e. The van der Waals surface area contributed by atoms with E-state index in [2.05, 4.69) is 10.3 Å². The molecule has 1 N–H and O–H groups in total. The third-order valence-corrected chi connectivity index (χ3v) is 5.25. The number of furan rings is 1. The molecule has 0 unspecified atom stereocenters. The van der Waals surface area contributed by atoms with Crippen LogP contribution in [0.4, 0.5) is 0 Å². The van der Waals surface area contributed by atoms with E-state index in [4.69, 9.17) is 9.15 Å². The van der Waals surface area contributed by atoms with Crippen LogP contribution in [0.25, 0.3) is 5.65 Å². The van der Waals surface area contributed by atoms with E-state index in [1.165, 1.54) is 0 Å². The SMILES string of the molecule is O=C(NCCSCc1ccco1)c1ccc(OCc2cn3ccccc3n2)cc1. The van der Waals surface area contributed by atoms with Crippen LogP contribution in [0, 0.1) is 0 Å². The van der Waals surface area contributed by atoms with Crippen molar-refractivity contribution in [2.24, 2.45) is 0 Å². The molecule has 0 saturated heterocycles. The van der Waals surface area contributed by atoms with Crippen molar-refractivity contribution in [1.82, 2.24) is 14.7 Å². The fourth-order valence-electron chi connectivity index (χ4n) is 2.82. The van der Waals surface area contributed by atoms with Gasteiger partial charge in [0, 0.05) is 30.3 Å². The lowest BCUT2D eigenvalue weighted by Crippen LogP contribution is -2.25. The highest BCUT2D eigenvalue weighted by molar-refractivity contribution is 7.98. The van der Waals surface area contributed by atoms with Crippen molar-refractivity contribution in [2.45, 2.75) is 12.4 Å². The number of pyridine rings is 1. The van der Waals surface area contributed by atoms with Gasteiger partial charge in [-0.05, 0) is 48.5 Å². The first kappa shape index (κ1) is 19.1. The molecule has 4 rings (SSSR count). The van der Waals surface area contributed by atoms with Crippen LogP contribution >= 0.6 is 11.8 Å². The molecule has 29 heavy (non-hydrogen) atoms. The number of thioether (sulfide) groups is 1. The van der Waals surface area contributed by atoms with Crippen LogP contribution in [-0.4, -0.2) is 27.6 Å². The van der Waals surface area contributed by atoms with Gasteiger partial charge in [-0.15, -0.1) is 0 Å². The lowest BCUT2D eigenvalue weighted by atomic mass is 10.2. The lowest BCUT2D eigenvalue weighted by Gasteiger charge is -2.07. The topological polar surface area (TPSA) is 68.8 Å². The van der Waals surface area contributed by atoms with Crippen LogP contribution in [0.1, 0.15) is 21.8 Å². The summed E-state index contributed by atoms with van der Waals surface area (Å²) in [5, 5.41) is 2.93. The van der Waals surface area contributed by atoms with Gasteiger partial charge in [0.2, 0.25) is 0 Å². The van der Waals surface area contributed by atoms with E-state index in [0.29, 0.717) is 24.5 Å². The van der Waals surface area contributed by atoms with E-state index in [0.717, 1.165) is 28.6 Å². The van der Waals surface area contributed by atoms with Crippen LogP contribution in [0.5, 0.6) is 5.75 Å². The van der Waals surface area contributed by atoms with Crippen molar-refractivity contribution < 1.29 is 13.9 Å². The predicted octanol–water partition coefficient (Wildman–Crippen LogP) is 4.17. The van der Waals surface area contributed by atoms with E-state index in [1.54, 1.807) is 42.3 Å². The summed E-state index contributed by atoms with van der Waals surface area (Å²) in [6.45, 7) is 0.983. The number of fused-ring (bicyclic) bond motifs is 1. The molecule has 0 radical (unpaired) electrons. The molecule has 4 aromatic rings. The molecule has 3 heterocycles. The smallest absolute Gasteiger partial charge is 0.251 e. The van der Waals surface area contributed by atoms with Crippen molar-refractivity contribution in [2.75, 3.05) is 12.3 Å². The first-order chi connectivity index (χ1) is 14.3. The van der Waals surface area contributed by atoms with Crippen LogP contribution in [0.2, 0.25) is 0 Å². The Kier molecular flexibility index (Phi) is 6.16. The minimum absolute atomic E-state index is 0.0875. The van der Waals surface area contributed by atoms with Crippen molar-refractivity contribution in [3.05, 3.63) is 90.3 Å². The number of benzene rings is 1. The molecule has 0 aliphatic heterocycles. The van der Waals surface area contributed by atoms with Gasteiger partial charge in [-0.3, -0.25) is 4.79 Å². The molecular weight excluding hydrogens is 386 g/mol. The molecule has 0 aliphatic carbocycles. The molecule has 0 aliphatic rings. The number of carbonyl (C=O) groups excluding carboxylic acids is 1. The predicted molar refractivity (Wildman–Crippen MR) is 113 cm³/mol. The Morgan fingerprint density at radius 1 is 1.14 bits per heavy atom. The zero-order valence-electron chi connectivity index (χ0n) is 15.8. The fraction of sp³-hybridized carbons (Fsp3) is 0.182. The molecule has 0 spiro atoms. The molecule has 0 fully saturated rings. The van der Waals surface area contributed by atoms with E-state index in [-0.39, 0.29) is 5.91 Å². The molecule has 6 nitrogen and oxygen atoms in total. The molecule has 1 aromatic carbocycles.